The van der Waals surface area contributed by atoms with Gasteiger partial charge in [0.1, 0.15) is 11.4 Å². The molecule has 0 saturated heterocycles. The zero-order chi connectivity index (χ0) is 12.5. The Morgan fingerprint density at radius 3 is 2.94 bits per heavy atom. The average molecular weight is 232 g/mol. The van der Waals surface area contributed by atoms with E-state index in [1.54, 1.807) is 6.08 Å². The van der Waals surface area contributed by atoms with Crippen LogP contribution >= 0.6 is 0 Å². The van der Waals surface area contributed by atoms with E-state index in [1.807, 2.05) is 18.2 Å². The molecule has 0 unspecified atom stereocenters. The van der Waals surface area contributed by atoms with Crippen molar-refractivity contribution in [3.63, 3.8) is 0 Å². The molecule has 0 aromatic heterocycles. The molecule has 0 saturated carbocycles. The van der Waals surface area contributed by atoms with Crippen LogP contribution in [0.25, 0.3) is 6.08 Å². The van der Waals surface area contributed by atoms with Crippen molar-refractivity contribution >= 4 is 12.0 Å². The highest BCUT2D eigenvalue weighted by Crippen LogP contribution is 2.33. The van der Waals surface area contributed by atoms with Crippen LogP contribution in [0.2, 0.25) is 0 Å². The molecule has 1 aliphatic rings. The van der Waals surface area contributed by atoms with Crippen molar-refractivity contribution in [2.45, 2.75) is 32.3 Å². The largest absolute Gasteiger partial charge is 0.488 e. The summed E-state index contributed by atoms with van der Waals surface area (Å²) in [6.45, 7) is 4.16. The number of carboxylic acids is 1. The summed E-state index contributed by atoms with van der Waals surface area (Å²) in [5.74, 6) is -0.0196. The highest BCUT2D eigenvalue weighted by atomic mass is 16.5. The van der Waals surface area contributed by atoms with E-state index in [-0.39, 0.29) is 5.60 Å². The van der Waals surface area contributed by atoms with Crippen molar-refractivity contribution in [2.75, 3.05) is 0 Å². The zero-order valence-corrected chi connectivity index (χ0v) is 10.1. The van der Waals surface area contributed by atoms with Gasteiger partial charge in [-0.05, 0) is 56.0 Å². The molecule has 1 N–H and O–H groups in total. The molecule has 1 aromatic rings. The molecule has 1 heterocycles. The van der Waals surface area contributed by atoms with Crippen molar-refractivity contribution in [1.29, 1.82) is 0 Å². The number of aryl methyl sites for hydroxylation is 1. The van der Waals surface area contributed by atoms with Crippen LogP contribution in [0.1, 0.15) is 31.4 Å². The van der Waals surface area contributed by atoms with E-state index in [0.717, 1.165) is 35.8 Å². The first kappa shape index (κ1) is 11.7. The third-order valence-electron chi connectivity index (χ3n) is 2.89. The number of hydrogen-bond donors (Lipinski definition) is 1. The van der Waals surface area contributed by atoms with Gasteiger partial charge in [-0.3, -0.25) is 0 Å². The highest BCUT2D eigenvalue weighted by Gasteiger charge is 2.26. The molecular weight excluding hydrogens is 216 g/mol. The van der Waals surface area contributed by atoms with Crippen molar-refractivity contribution in [2.24, 2.45) is 0 Å². The van der Waals surface area contributed by atoms with Gasteiger partial charge in [0, 0.05) is 6.08 Å². The molecule has 90 valence electrons. The Hall–Kier alpha value is -1.77. The van der Waals surface area contributed by atoms with Gasteiger partial charge in [0.15, 0.2) is 0 Å². The first-order valence-electron chi connectivity index (χ1n) is 5.69. The molecule has 0 spiro atoms. The van der Waals surface area contributed by atoms with E-state index in [1.165, 1.54) is 0 Å². The fourth-order valence-corrected chi connectivity index (χ4v) is 1.95. The quantitative estimate of drug-likeness (QED) is 0.797. The number of ether oxygens (including phenoxy) is 1. The Bertz CT molecular complexity index is 472. The van der Waals surface area contributed by atoms with Gasteiger partial charge in [0.25, 0.3) is 0 Å². The molecule has 0 atom stereocenters. The van der Waals surface area contributed by atoms with Crippen LogP contribution in [0.4, 0.5) is 0 Å². The standard InChI is InChI=1S/C14H16O3/c1-14(2)8-7-11-9-10(4-6-13(15)16)3-5-12(11)17-14/h3-6,9H,7-8H2,1-2H3,(H,15,16)/b6-4+. The van der Waals surface area contributed by atoms with Crippen LogP contribution in [0.5, 0.6) is 5.75 Å². The van der Waals surface area contributed by atoms with Crippen LogP contribution in [0.15, 0.2) is 24.3 Å². The van der Waals surface area contributed by atoms with Crippen LogP contribution in [0.3, 0.4) is 0 Å². The fraction of sp³-hybridized carbons (Fsp3) is 0.357. The summed E-state index contributed by atoms with van der Waals surface area (Å²) < 4.78 is 5.86. The van der Waals surface area contributed by atoms with Crippen molar-refractivity contribution < 1.29 is 14.6 Å². The summed E-state index contributed by atoms with van der Waals surface area (Å²) in [5.41, 5.74) is 1.94. The molecular formula is C14H16O3. The maximum Gasteiger partial charge on any atom is 0.328 e. The number of rotatable bonds is 2. The second kappa shape index (κ2) is 4.24. The smallest absolute Gasteiger partial charge is 0.328 e. The van der Waals surface area contributed by atoms with Crippen LogP contribution in [-0.2, 0) is 11.2 Å². The summed E-state index contributed by atoms with van der Waals surface area (Å²) >= 11 is 0. The summed E-state index contributed by atoms with van der Waals surface area (Å²) in [6, 6.07) is 5.78. The number of benzene rings is 1. The predicted molar refractivity (Wildman–Crippen MR) is 66.1 cm³/mol. The molecule has 1 aliphatic heterocycles. The Balaban J connectivity index is 2.24. The minimum absolute atomic E-state index is 0.106. The fourth-order valence-electron chi connectivity index (χ4n) is 1.95. The van der Waals surface area contributed by atoms with E-state index in [0.29, 0.717) is 0 Å². The number of hydrogen-bond acceptors (Lipinski definition) is 2. The van der Waals surface area contributed by atoms with Crippen molar-refractivity contribution in [1.82, 2.24) is 0 Å². The molecule has 1 aromatic carbocycles. The third-order valence-corrected chi connectivity index (χ3v) is 2.89. The second-order valence-corrected chi connectivity index (χ2v) is 4.90. The van der Waals surface area contributed by atoms with Crippen LogP contribution in [0, 0.1) is 0 Å². The lowest BCUT2D eigenvalue weighted by molar-refractivity contribution is -0.131. The lowest BCUT2D eigenvalue weighted by atomic mass is 9.93. The predicted octanol–water partition coefficient (Wildman–Crippen LogP) is 2.89. The number of carboxylic acid groups (broad SMARTS) is 1. The minimum atomic E-state index is -0.930. The Labute approximate surface area is 101 Å². The average Bonchev–Trinajstić information content (AvgIpc) is 2.25. The molecule has 0 bridgehead atoms. The SMILES string of the molecule is CC1(C)CCc2cc(/C=C/C(=O)O)ccc2O1. The van der Waals surface area contributed by atoms with E-state index in [4.69, 9.17) is 9.84 Å². The summed E-state index contributed by atoms with van der Waals surface area (Å²) in [7, 11) is 0. The van der Waals surface area contributed by atoms with E-state index >= 15 is 0 Å². The second-order valence-electron chi connectivity index (χ2n) is 4.90. The highest BCUT2D eigenvalue weighted by molar-refractivity contribution is 5.85. The topological polar surface area (TPSA) is 46.5 Å². The molecule has 0 fully saturated rings. The van der Waals surface area contributed by atoms with Gasteiger partial charge in [-0.25, -0.2) is 4.79 Å². The molecule has 3 heteroatoms. The minimum Gasteiger partial charge on any atom is -0.488 e. The third kappa shape index (κ3) is 2.87. The first-order valence-corrected chi connectivity index (χ1v) is 5.69. The monoisotopic (exact) mass is 232 g/mol. The van der Waals surface area contributed by atoms with Gasteiger partial charge in [-0.2, -0.15) is 0 Å². The molecule has 0 radical (unpaired) electrons. The Morgan fingerprint density at radius 2 is 2.24 bits per heavy atom. The summed E-state index contributed by atoms with van der Waals surface area (Å²) in [5, 5.41) is 8.57. The van der Waals surface area contributed by atoms with Crippen molar-refractivity contribution in [3.05, 3.63) is 35.4 Å². The number of carbonyl (C=O) groups is 1. The Kier molecular flexibility index (Phi) is 2.92. The molecule has 3 nitrogen and oxygen atoms in total. The zero-order valence-electron chi connectivity index (χ0n) is 10.1. The van der Waals surface area contributed by atoms with Gasteiger partial charge in [-0.15, -0.1) is 0 Å². The summed E-state index contributed by atoms with van der Waals surface area (Å²) in [6.07, 6.45) is 4.70. The van der Waals surface area contributed by atoms with Crippen LogP contribution in [-0.4, -0.2) is 16.7 Å². The van der Waals surface area contributed by atoms with Crippen molar-refractivity contribution in [3.8, 4) is 5.75 Å². The maximum absolute atomic E-state index is 10.4. The molecule has 2 rings (SSSR count). The van der Waals surface area contributed by atoms with Gasteiger partial charge in [0.2, 0.25) is 0 Å². The van der Waals surface area contributed by atoms with E-state index < -0.39 is 5.97 Å². The van der Waals surface area contributed by atoms with Gasteiger partial charge in [-0.1, -0.05) is 6.07 Å². The molecule has 0 aliphatic carbocycles. The number of aliphatic carboxylic acids is 1. The lowest BCUT2D eigenvalue weighted by Crippen LogP contribution is -2.32. The van der Waals surface area contributed by atoms with Gasteiger partial charge < -0.3 is 9.84 Å². The normalized spacial score (nSPS) is 17.5. The van der Waals surface area contributed by atoms with Gasteiger partial charge in [0.05, 0.1) is 0 Å². The van der Waals surface area contributed by atoms with Gasteiger partial charge >= 0.3 is 5.97 Å². The number of fused-ring (bicyclic) bond motifs is 1. The molecule has 0 amide bonds. The first-order chi connectivity index (χ1) is 7.96. The Morgan fingerprint density at radius 1 is 1.47 bits per heavy atom. The van der Waals surface area contributed by atoms with E-state index in [2.05, 4.69) is 13.8 Å². The summed E-state index contributed by atoms with van der Waals surface area (Å²) in [4.78, 5) is 10.4. The maximum atomic E-state index is 10.4. The van der Waals surface area contributed by atoms with Crippen LogP contribution < -0.4 is 4.74 Å². The molecule has 17 heavy (non-hydrogen) atoms. The lowest BCUT2D eigenvalue weighted by Gasteiger charge is -2.32. The van der Waals surface area contributed by atoms with E-state index in [9.17, 15) is 4.79 Å².